The van der Waals surface area contributed by atoms with Crippen LogP contribution in [0.4, 0.5) is 0 Å². The van der Waals surface area contributed by atoms with E-state index in [-0.39, 0.29) is 0 Å². The summed E-state index contributed by atoms with van der Waals surface area (Å²) < 4.78 is 0. The van der Waals surface area contributed by atoms with Gasteiger partial charge in [-0.15, -0.1) is 0 Å². The van der Waals surface area contributed by atoms with Gasteiger partial charge in [-0.05, 0) is 78.4 Å². The molecule has 0 aromatic carbocycles. The number of likely N-dealkylation sites (tertiary alicyclic amines) is 1. The number of nitrogens with zero attached hydrogens (tertiary/aromatic N) is 2. The summed E-state index contributed by atoms with van der Waals surface area (Å²) in [6, 6.07) is 6.54. The lowest BCUT2D eigenvalue weighted by atomic mass is 9.91. The van der Waals surface area contributed by atoms with E-state index >= 15 is 0 Å². The zero-order valence-electron chi connectivity index (χ0n) is 11.2. The Hall–Kier alpha value is -1.19. The van der Waals surface area contributed by atoms with Gasteiger partial charge in [0.25, 0.3) is 0 Å². The molecular formula is C16H20N2S. The molecule has 100 valence electrons. The Morgan fingerprint density at radius 3 is 2.63 bits per heavy atom. The molecule has 0 bridgehead atoms. The van der Waals surface area contributed by atoms with Crippen LogP contribution in [0.3, 0.4) is 0 Å². The van der Waals surface area contributed by atoms with Crippen LogP contribution in [0.15, 0.2) is 41.4 Å². The predicted molar refractivity (Wildman–Crippen MR) is 80.7 cm³/mol. The van der Waals surface area contributed by atoms with E-state index < -0.39 is 0 Å². The molecular weight excluding hydrogens is 252 g/mol. The molecule has 1 aliphatic heterocycles. The van der Waals surface area contributed by atoms with Crippen molar-refractivity contribution in [2.45, 2.75) is 25.2 Å². The molecule has 0 amide bonds. The summed E-state index contributed by atoms with van der Waals surface area (Å²) in [7, 11) is 0. The minimum atomic E-state index is 0.795. The third kappa shape index (κ3) is 3.43. The average molecular weight is 272 g/mol. The quantitative estimate of drug-likeness (QED) is 0.846. The number of piperidine rings is 1. The Morgan fingerprint density at radius 1 is 1.16 bits per heavy atom. The number of pyridine rings is 1. The predicted octanol–water partition coefficient (Wildman–Crippen LogP) is 3.57. The van der Waals surface area contributed by atoms with Crippen LogP contribution in [-0.2, 0) is 6.42 Å². The van der Waals surface area contributed by atoms with Crippen LogP contribution >= 0.6 is 11.3 Å². The first-order chi connectivity index (χ1) is 9.42. The van der Waals surface area contributed by atoms with E-state index in [4.69, 9.17) is 0 Å². The molecule has 3 heterocycles. The van der Waals surface area contributed by atoms with Crippen molar-refractivity contribution in [3.63, 3.8) is 0 Å². The van der Waals surface area contributed by atoms with Gasteiger partial charge < -0.3 is 4.90 Å². The van der Waals surface area contributed by atoms with Crippen molar-refractivity contribution in [1.82, 2.24) is 9.88 Å². The second kappa shape index (κ2) is 6.31. The minimum absolute atomic E-state index is 0.795. The molecule has 3 heteroatoms. The van der Waals surface area contributed by atoms with Gasteiger partial charge in [0.1, 0.15) is 0 Å². The lowest BCUT2D eigenvalue weighted by molar-refractivity contribution is 0.215. The fourth-order valence-corrected chi connectivity index (χ4v) is 3.58. The van der Waals surface area contributed by atoms with Crippen molar-refractivity contribution < 1.29 is 0 Å². The van der Waals surface area contributed by atoms with E-state index in [1.54, 1.807) is 5.56 Å². The van der Waals surface area contributed by atoms with Crippen LogP contribution < -0.4 is 0 Å². The van der Waals surface area contributed by atoms with Gasteiger partial charge >= 0.3 is 0 Å². The molecule has 0 atom stereocenters. The van der Waals surface area contributed by atoms with Gasteiger partial charge in [-0.25, -0.2) is 0 Å². The number of hydrogen-bond donors (Lipinski definition) is 0. The third-order valence-corrected chi connectivity index (χ3v) is 4.77. The van der Waals surface area contributed by atoms with Crippen molar-refractivity contribution in [3.05, 3.63) is 52.5 Å². The molecule has 2 aromatic heterocycles. The van der Waals surface area contributed by atoms with Crippen molar-refractivity contribution in [1.29, 1.82) is 0 Å². The van der Waals surface area contributed by atoms with Gasteiger partial charge in [0, 0.05) is 18.9 Å². The molecule has 3 rings (SSSR count). The van der Waals surface area contributed by atoms with E-state index in [2.05, 4.69) is 38.8 Å². The fraction of sp³-hybridized carbons (Fsp3) is 0.438. The second-order valence-electron chi connectivity index (χ2n) is 5.28. The first-order valence-electron chi connectivity index (χ1n) is 7.05. The maximum absolute atomic E-state index is 4.07. The van der Waals surface area contributed by atoms with Gasteiger partial charge in [0.15, 0.2) is 0 Å². The Balaban J connectivity index is 1.46. The fourth-order valence-electron chi connectivity index (χ4n) is 2.83. The van der Waals surface area contributed by atoms with Crippen LogP contribution in [0, 0.1) is 0 Å². The first kappa shape index (κ1) is 12.8. The zero-order chi connectivity index (χ0) is 12.9. The van der Waals surface area contributed by atoms with Crippen molar-refractivity contribution in [2.24, 2.45) is 0 Å². The first-order valence-corrected chi connectivity index (χ1v) is 7.99. The Kier molecular flexibility index (Phi) is 4.26. The van der Waals surface area contributed by atoms with E-state index in [0.717, 1.165) is 12.3 Å². The number of aromatic nitrogens is 1. The molecule has 1 fully saturated rings. The SMILES string of the molecule is c1cc(CCN2CCC(c3ccsc3)CC2)ccn1. The van der Waals surface area contributed by atoms with Gasteiger partial charge in [0.05, 0.1) is 0 Å². The number of thiophene rings is 1. The van der Waals surface area contributed by atoms with Crippen LogP contribution in [0.25, 0.3) is 0 Å². The summed E-state index contributed by atoms with van der Waals surface area (Å²) in [6.45, 7) is 3.66. The Bertz CT molecular complexity index is 473. The van der Waals surface area contributed by atoms with Crippen LogP contribution in [0.1, 0.15) is 29.9 Å². The molecule has 0 unspecified atom stereocenters. The summed E-state index contributed by atoms with van der Waals surface area (Å²) in [5, 5.41) is 4.52. The van der Waals surface area contributed by atoms with Crippen molar-refractivity contribution in [2.75, 3.05) is 19.6 Å². The van der Waals surface area contributed by atoms with Crippen LogP contribution in [0.2, 0.25) is 0 Å². The number of rotatable bonds is 4. The molecule has 19 heavy (non-hydrogen) atoms. The molecule has 0 N–H and O–H groups in total. The van der Waals surface area contributed by atoms with E-state index in [0.29, 0.717) is 0 Å². The highest BCUT2D eigenvalue weighted by Crippen LogP contribution is 2.29. The average Bonchev–Trinajstić information content (AvgIpc) is 3.01. The lowest BCUT2D eigenvalue weighted by Gasteiger charge is -2.31. The Morgan fingerprint density at radius 2 is 1.95 bits per heavy atom. The van der Waals surface area contributed by atoms with Crippen LogP contribution in [0.5, 0.6) is 0 Å². The van der Waals surface area contributed by atoms with Gasteiger partial charge in [-0.2, -0.15) is 11.3 Å². The highest BCUT2D eigenvalue weighted by atomic mass is 32.1. The smallest absolute Gasteiger partial charge is 0.0270 e. The topological polar surface area (TPSA) is 16.1 Å². The summed E-state index contributed by atoms with van der Waals surface area (Å²) in [5.41, 5.74) is 2.95. The maximum Gasteiger partial charge on any atom is 0.0270 e. The summed E-state index contributed by atoms with van der Waals surface area (Å²) in [4.78, 5) is 6.67. The van der Waals surface area contributed by atoms with Crippen molar-refractivity contribution in [3.8, 4) is 0 Å². The Labute approximate surface area is 119 Å². The van der Waals surface area contributed by atoms with Gasteiger partial charge in [0.2, 0.25) is 0 Å². The van der Waals surface area contributed by atoms with Gasteiger partial charge in [-0.1, -0.05) is 0 Å². The highest BCUT2D eigenvalue weighted by molar-refractivity contribution is 7.07. The monoisotopic (exact) mass is 272 g/mol. The molecule has 1 saturated heterocycles. The van der Waals surface area contributed by atoms with Gasteiger partial charge in [-0.3, -0.25) is 4.98 Å². The number of hydrogen-bond acceptors (Lipinski definition) is 3. The molecule has 0 radical (unpaired) electrons. The molecule has 0 aliphatic carbocycles. The molecule has 2 aromatic rings. The molecule has 0 saturated carbocycles. The third-order valence-electron chi connectivity index (χ3n) is 4.07. The van der Waals surface area contributed by atoms with Crippen LogP contribution in [-0.4, -0.2) is 29.5 Å². The zero-order valence-corrected chi connectivity index (χ0v) is 12.0. The van der Waals surface area contributed by atoms with E-state index in [1.807, 2.05) is 23.7 Å². The van der Waals surface area contributed by atoms with E-state index in [1.165, 1.54) is 38.0 Å². The lowest BCUT2D eigenvalue weighted by Crippen LogP contribution is -2.34. The highest BCUT2D eigenvalue weighted by Gasteiger charge is 2.20. The standard InChI is InChI=1S/C16H20N2S/c1-7-17-8-2-14(1)3-9-18-10-4-15(5-11-18)16-6-12-19-13-16/h1-2,6-8,12-13,15H,3-5,9-11H2. The second-order valence-corrected chi connectivity index (χ2v) is 6.06. The van der Waals surface area contributed by atoms with Crippen molar-refractivity contribution >= 4 is 11.3 Å². The summed E-state index contributed by atoms with van der Waals surface area (Å²) >= 11 is 1.82. The normalized spacial score (nSPS) is 17.7. The molecule has 0 spiro atoms. The summed E-state index contributed by atoms with van der Waals surface area (Å²) in [6.07, 6.45) is 7.54. The summed E-state index contributed by atoms with van der Waals surface area (Å²) in [5.74, 6) is 0.795. The minimum Gasteiger partial charge on any atom is -0.303 e. The molecule has 1 aliphatic rings. The molecule has 2 nitrogen and oxygen atoms in total. The maximum atomic E-state index is 4.07. The largest absolute Gasteiger partial charge is 0.303 e. The van der Waals surface area contributed by atoms with E-state index in [9.17, 15) is 0 Å².